The standard InChI is InChI=1S/C15H27NO2/c1-12(17)7-10-15(18)16(14-8-9-14)11-13-5-3-2-4-6-13/h12-14,17H,2-11H2,1H3. The normalized spacial score (nSPS) is 22.8. The van der Waals surface area contributed by atoms with Crippen LogP contribution < -0.4 is 0 Å². The summed E-state index contributed by atoms with van der Waals surface area (Å²) in [6, 6.07) is 0.522. The lowest BCUT2D eigenvalue weighted by atomic mass is 9.89. The van der Waals surface area contributed by atoms with E-state index in [1.807, 2.05) is 0 Å². The van der Waals surface area contributed by atoms with Gasteiger partial charge in [0.1, 0.15) is 0 Å². The third-order valence-corrected chi connectivity index (χ3v) is 4.26. The highest BCUT2D eigenvalue weighted by Gasteiger charge is 2.33. The Hall–Kier alpha value is -0.570. The van der Waals surface area contributed by atoms with Crippen LogP contribution in [-0.2, 0) is 4.79 Å². The third kappa shape index (κ3) is 4.27. The first-order valence-corrected chi connectivity index (χ1v) is 7.64. The highest BCUT2D eigenvalue weighted by molar-refractivity contribution is 5.76. The summed E-state index contributed by atoms with van der Waals surface area (Å²) in [6.45, 7) is 2.74. The maximum atomic E-state index is 12.2. The second kappa shape index (κ2) is 6.55. The van der Waals surface area contributed by atoms with Crippen molar-refractivity contribution in [2.24, 2.45) is 5.92 Å². The van der Waals surface area contributed by atoms with Gasteiger partial charge in [0.05, 0.1) is 6.10 Å². The van der Waals surface area contributed by atoms with Gasteiger partial charge in [-0.1, -0.05) is 19.3 Å². The van der Waals surface area contributed by atoms with E-state index in [0.717, 1.165) is 12.5 Å². The minimum atomic E-state index is -0.357. The van der Waals surface area contributed by atoms with E-state index in [2.05, 4.69) is 4.90 Å². The van der Waals surface area contributed by atoms with Gasteiger partial charge in [0.25, 0.3) is 0 Å². The van der Waals surface area contributed by atoms with E-state index >= 15 is 0 Å². The molecule has 2 aliphatic rings. The Morgan fingerprint density at radius 3 is 2.44 bits per heavy atom. The van der Waals surface area contributed by atoms with Crippen LogP contribution in [0.25, 0.3) is 0 Å². The van der Waals surface area contributed by atoms with Crippen molar-refractivity contribution < 1.29 is 9.90 Å². The third-order valence-electron chi connectivity index (χ3n) is 4.26. The van der Waals surface area contributed by atoms with Gasteiger partial charge in [-0.2, -0.15) is 0 Å². The summed E-state index contributed by atoms with van der Waals surface area (Å²) in [7, 11) is 0. The molecule has 0 aromatic heterocycles. The molecule has 0 aliphatic heterocycles. The molecule has 0 radical (unpaired) electrons. The first kappa shape index (κ1) is 13.9. The SMILES string of the molecule is CC(O)CCC(=O)N(CC1CCCCC1)C1CC1. The zero-order valence-corrected chi connectivity index (χ0v) is 11.6. The Balaban J connectivity index is 1.81. The van der Waals surface area contributed by atoms with Gasteiger partial charge in [-0.3, -0.25) is 4.79 Å². The number of hydrogen-bond acceptors (Lipinski definition) is 2. The van der Waals surface area contributed by atoms with Crippen molar-refractivity contribution in [3.05, 3.63) is 0 Å². The van der Waals surface area contributed by atoms with Gasteiger partial charge in [0.15, 0.2) is 0 Å². The van der Waals surface area contributed by atoms with Gasteiger partial charge >= 0.3 is 0 Å². The van der Waals surface area contributed by atoms with Gasteiger partial charge in [-0.15, -0.1) is 0 Å². The van der Waals surface area contributed by atoms with Crippen LogP contribution in [-0.4, -0.2) is 34.6 Å². The number of rotatable bonds is 6. The number of aliphatic hydroxyl groups excluding tert-OH is 1. The van der Waals surface area contributed by atoms with Crippen molar-refractivity contribution in [2.75, 3.05) is 6.54 Å². The first-order valence-electron chi connectivity index (χ1n) is 7.64. The highest BCUT2D eigenvalue weighted by Crippen LogP contribution is 2.31. The molecule has 104 valence electrons. The maximum Gasteiger partial charge on any atom is 0.222 e. The lowest BCUT2D eigenvalue weighted by molar-refractivity contribution is -0.133. The molecular formula is C15H27NO2. The number of nitrogens with zero attached hydrogens (tertiary/aromatic N) is 1. The molecule has 1 unspecified atom stereocenters. The fourth-order valence-corrected chi connectivity index (χ4v) is 2.96. The number of amides is 1. The predicted molar refractivity (Wildman–Crippen MR) is 72.2 cm³/mol. The van der Waals surface area contributed by atoms with Gasteiger partial charge in [-0.05, 0) is 44.9 Å². The summed E-state index contributed by atoms with van der Waals surface area (Å²) in [5, 5.41) is 9.29. The lowest BCUT2D eigenvalue weighted by Crippen LogP contribution is -2.38. The highest BCUT2D eigenvalue weighted by atomic mass is 16.3. The van der Waals surface area contributed by atoms with Crippen molar-refractivity contribution >= 4 is 5.91 Å². The molecule has 3 nitrogen and oxygen atoms in total. The van der Waals surface area contributed by atoms with E-state index in [4.69, 9.17) is 0 Å². The largest absolute Gasteiger partial charge is 0.393 e. The monoisotopic (exact) mass is 253 g/mol. The molecule has 18 heavy (non-hydrogen) atoms. The van der Waals surface area contributed by atoms with E-state index in [1.54, 1.807) is 6.92 Å². The number of aliphatic hydroxyl groups is 1. The molecule has 2 fully saturated rings. The summed E-state index contributed by atoms with van der Waals surface area (Å²) in [6.07, 6.45) is 9.78. The van der Waals surface area contributed by atoms with Crippen LogP contribution >= 0.6 is 0 Å². The van der Waals surface area contributed by atoms with E-state index in [1.165, 1.54) is 44.9 Å². The molecular weight excluding hydrogens is 226 g/mol. The zero-order valence-electron chi connectivity index (χ0n) is 11.6. The van der Waals surface area contributed by atoms with Gasteiger partial charge < -0.3 is 10.0 Å². The molecule has 0 bridgehead atoms. The number of hydrogen-bond donors (Lipinski definition) is 1. The molecule has 0 heterocycles. The minimum Gasteiger partial charge on any atom is -0.393 e. The minimum absolute atomic E-state index is 0.268. The Morgan fingerprint density at radius 1 is 1.22 bits per heavy atom. The summed E-state index contributed by atoms with van der Waals surface area (Å²) in [5.41, 5.74) is 0. The Labute approximate surface area is 111 Å². The van der Waals surface area contributed by atoms with E-state index in [-0.39, 0.29) is 12.0 Å². The molecule has 0 aromatic rings. The van der Waals surface area contributed by atoms with Crippen LogP contribution in [0.4, 0.5) is 0 Å². The quantitative estimate of drug-likeness (QED) is 0.790. The molecule has 0 aromatic carbocycles. The smallest absolute Gasteiger partial charge is 0.222 e. The van der Waals surface area contributed by atoms with Crippen LogP contribution in [0.5, 0.6) is 0 Å². The second-order valence-electron chi connectivity index (χ2n) is 6.17. The molecule has 3 heteroatoms. The molecule has 0 saturated heterocycles. The lowest BCUT2D eigenvalue weighted by Gasteiger charge is -2.30. The van der Waals surface area contributed by atoms with Crippen molar-refractivity contribution in [1.29, 1.82) is 0 Å². The Kier molecular flexibility index (Phi) is 5.04. The van der Waals surface area contributed by atoms with Crippen LogP contribution in [0.2, 0.25) is 0 Å². The van der Waals surface area contributed by atoms with Gasteiger partial charge in [-0.25, -0.2) is 0 Å². The predicted octanol–water partition coefficient (Wildman–Crippen LogP) is 2.72. The van der Waals surface area contributed by atoms with Crippen LogP contribution in [0.1, 0.15) is 64.7 Å². The fourth-order valence-electron chi connectivity index (χ4n) is 2.96. The summed E-state index contributed by atoms with van der Waals surface area (Å²) in [5.74, 6) is 0.999. The molecule has 1 N–H and O–H groups in total. The Morgan fingerprint density at radius 2 is 1.89 bits per heavy atom. The second-order valence-corrected chi connectivity index (χ2v) is 6.17. The fraction of sp³-hybridized carbons (Fsp3) is 0.933. The molecule has 2 saturated carbocycles. The van der Waals surface area contributed by atoms with Crippen LogP contribution in [0.3, 0.4) is 0 Å². The summed E-state index contributed by atoms with van der Waals surface area (Å²) in [4.78, 5) is 14.3. The molecule has 0 spiro atoms. The van der Waals surface area contributed by atoms with Crippen molar-refractivity contribution in [1.82, 2.24) is 4.90 Å². The van der Waals surface area contributed by atoms with E-state index in [0.29, 0.717) is 18.9 Å². The van der Waals surface area contributed by atoms with E-state index < -0.39 is 0 Å². The van der Waals surface area contributed by atoms with Gasteiger partial charge in [0, 0.05) is 19.0 Å². The summed E-state index contributed by atoms with van der Waals surface area (Å²) >= 11 is 0. The van der Waals surface area contributed by atoms with Gasteiger partial charge in [0.2, 0.25) is 5.91 Å². The van der Waals surface area contributed by atoms with Crippen LogP contribution in [0.15, 0.2) is 0 Å². The average Bonchev–Trinajstić information content (AvgIpc) is 3.18. The summed E-state index contributed by atoms with van der Waals surface area (Å²) < 4.78 is 0. The van der Waals surface area contributed by atoms with E-state index in [9.17, 15) is 9.90 Å². The van der Waals surface area contributed by atoms with Crippen molar-refractivity contribution in [3.63, 3.8) is 0 Å². The topological polar surface area (TPSA) is 40.5 Å². The van der Waals surface area contributed by atoms with Crippen molar-refractivity contribution in [2.45, 2.75) is 76.9 Å². The molecule has 1 atom stereocenters. The first-order chi connectivity index (χ1) is 8.66. The maximum absolute atomic E-state index is 12.2. The van der Waals surface area contributed by atoms with Crippen molar-refractivity contribution in [3.8, 4) is 0 Å². The molecule has 2 aliphatic carbocycles. The molecule has 2 rings (SSSR count). The zero-order chi connectivity index (χ0) is 13.0. The Bertz CT molecular complexity index is 268. The number of carbonyl (C=O) groups is 1. The molecule has 1 amide bonds. The average molecular weight is 253 g/mol. The number of carbonyl (C=O) groups excluding carboxylic acids is 1. The van der Waals surface area contributed by atoms with Crippen LogP contribution in [0, 0.1) is 5.92 Å².